The van der Waals surface area contributed by atoms with Gasteiger partial charge in [0.05, 0.1) is 12.1 Å². The molecule has 0 aliphatic carbocycles. The van der Waals surface area contributed by atoms with E-state index >= 15 is 0 Å². The molecule has 0 radical (unpaired) electrons. The summed E-state index contributed by atoms with van der Waals surface area (Å²) >= 11 is 0. The number of hydrogen-bond acceptors (Lipinski definition) is 5. The summed E-state index contributed by atoms with van der Waals surface area (Å²) in [5.74, 6) is 1.21. The van der Waals surface area contributed by atoms with Crippen LogP contribution in [0.15, 0.2) is 23.1 Å². The predicted octanol–water partition coefficient (Wildman–Crippen LogP) is 0.759. The molecule has 0 atom stereocenters. The minimum absolute atomic E-state index is 0.561. The second-order valence-electron chi connectivity index (χ2n) is 2.60. The summed E-state index contributed by atoms with van der Waals surface area (Å²) in [4.78, 5) is 12.1. The van der Waals surface area contributed by atoms with E-state index in [9.17, 15) is 0 Å². The van der Waals surface area contributed by atoms with E-state index in [1.165, 1.54) is 0 Å². The van der Waals surface area contributed by atoms with Crippen molar-refractivity contribution in [1.29, 1.82) is 0 Å². The van der Waals surface area contributed by atoms with Crippen LogP contribution in [0.25, 0.3) is 0 Å². The average molecular weight is 176 g/mol. The zero-order chi connectivity index (χ0) is 9.10. The highest BCUT2D eigenvalue weighted by Crippen LogP contribution is 2.01. The third-order valence-electron chi connectivity index (χ3n) is 1.53. The van der Waals surface area contributed by atoms with Gasteiger partial charge in [0.1, 0.15) is 0 Å². The topological polar surface area (TPSA) is 64.7 Å². The Morgan fingerprint density at radius 3 is 2.92 bits per heavy atom. The van der Waals surface area contributed by atoms with Gasteiger partial charge in [-0.3, -0.25) is 9.97 Å². The van der Waals surface area contributed by atoms with E-state index in [1.54, 1.807) is 25.5 Å². The van der Waals surface area contributed by atoms with Crippen molar-refractivity contribution in [2.75, 3.05) is 0 Å². The van der Waals surface area contributed by atoms with Gasteiger partial charge in [-0.15, -0.1) is 0 Å². The normalized spacial score (nSPS) is 10.2. The molecule has 5 nitrogen and oxygen atoms in total. The molecule has 0 unspecified atom stereocenters. The maximum Gasteiger partial charge on any atom is 0.223 e. The quantitative estimate of drug-likeness (QED) is 0.675. The molecule has 0 aliphatic rings. The van der Waals surface area contributed by atoms with Crippen molar-refractivity contribution in [2.45, 2.75) is 13.3 Å². The van der Waals surface area contributed by atoms with Gasteiger partial charge in [-0.2, -0.15) is 4.98 Å². The summed E-state index contributed by atoms with van der Waals surface area (Å²) in [6.07, 6.45) is 5.52. The van der Waals surface area contributed by atoms with Crippen LogP contribution in [0, 0.1) is 6.92 Å². The lowest BCUT2D eigenvalue weighted by Crippen LogP contribution is -1.94. The van der Waals surface area contributed by atoms with Crippen molar-refractivity contribution in [3.8, 4) is 0 Å². The molecule has 0 fully saturated rings. The first-order valence-corrected chi connectivity index (χ1v) is 3.88. The van der Waals surface area contributed by atoms with Crippen LogP contribution in [0.2, 0.25) is 0 Å². The van der Waals surface area contributed by atoms with Gasteiger partial charge in [0.25, 0.3) is 0 Å². The van der Waals surface area contributed by atoms with Crippen molar-refractivity contribution >= 4 is 0 Å². The highest BCUT2D eigenvalue weighted by Gasteiger charge is 2.03. The minimum Gasteiger partial charge on any atom is -0.340 e. The first-order chi connectivity index (χ1) is 6.34. The first-order valence-electron chi connectivity index (χ1n) is 3.88. The van der Waals surface area contributed by atoms with Crippen LogP contribution in [0.1, 0.15) is 17.4 Å². The number of rotatable bonds is 2. The fourth-order valence-electron chi connectivity index (χ4n) is 0.996. The Kier molecular flexibility index (Phi) is 1.99. The Hall–Kier alpha value is -1.78. The second-order valence-corrected chi connectivity index (χ2v) is 2.60. The van der Waals surface area contributed by atoms with Gasteiger partial charge in [0.2, 0.25) is 5.89 Å². The summed E-state index contributed by atoms with van der Waals surface area (Å²) in [5.41, 5.74) is 0.836. The molecule has 2 aromatic rings. The van der Waals surface area contributed by atoms with Gasteiger partial charge in [-0.05, 0) is 0 Å². The van der Waals surface area contributed by atoms with Crippen molar-refractivity contribution in [2.24, 2.45) is 0 Å². The molecule has 2 aromatic heterocycles. The fraction of sp³-hybridized carbons (Fsp3) is 0.250. The molecule has 0 saturated carbocycles. The SMILES string of the molecule is Cc1nc(Cc2cnccn2)no1. The summed E-state index contributed by atoms with van der Waals surface area (Å²) in [5, 5.41) is 3.76. The highest BCUT2D eigenvalue weighted by molar-refractivity contribution is 5.03. The lowest BCUT2D eigenvalue weighted by atomic mass is 10.3. The van der Waals surface area contributed by atoms with Gasteiger partial charge in [0, 0.05) is 25.5 Å². The average Bonchev–Trinajstić information content (AvgIpc) is 2.53. The Morgan fingerprint density at radius 2 is 2.31 bits per heavy atom. The maximum absolute atomic E-state index is 4.83. The van der Waals surface area contributed by atoms with E-state index in [1.807, 2.05) is 0 Å². The van der Waals surface area contributed by atoms with Crippen LogP contribution in [0.5, 0.6) is 0 Å². The largest absolute Gasteiger partial charge is 0.340 e. The van der Waals surface area contributed by atoms with E-state index in [-0.39, 0.29) is 0 Å². The van der Waals surface area contributed by atoms with Crippen LogP contribution in [-0.4, -0.2) is 20.1 Å². The van der Waals surface area contributed by atoms with Gasteiger partial charge in [0.15, 0.2) is 5.82 Å². The van der Waals surface area contributed by atoms with Crippen LogP contribution in [0.4, 0.5) is 0 Å². The van der Waals surface area contributed by atoms with Gasteiger partial charge in [-0.25, -0.2) is 0 Å². The van der Waals surface area contributed by atoms with Gasteiger partial charge < -0.3 is 4.52 Å². The molecule has 66 valence electrons. The highest BCUT2D eigenvalue weighted by atomic mass is 16.5. The molecule has 2 heterocycles. The summed E-state index contributed by atoms with van der Waals surface area (Å²) in [6, 6.07) is 0. The van der Waals surface area contributed by atoms with Crippen LogP contribution >= 0.6 is 0 Å². The summed E-state index contributed by atoms with van der Waals surface area (Å²) in [6.45, 7) is 1.76. The smallest absolute Gasteiger partial charge is 0.223 e. The maximum atomic E-state index is 4.83. The van der Waals surface area contributed by atoms with E-state index in [2.05, 4.69) is 20.1 Å². The first kappa shape index (κ1) is 7.85. The van der Waals surface area contributed by atoms with Crippen molar-refractivity contribution in [1.82, 2.24) is 20.1 Å². The third kappa shape index (κ3) is 1.87. The minimum atomic E-state index is 0.561. The second kappa shape index (κ2) is 3.30. The van der Waals surface area contributed by atoms with Gasteiger partial charge in [-0.1, -0.05) is 5.16 Å². The molecule has 0 aromatic carbocycles. The van der Waals surface area contributed by atoms with Crippen molar-refractivity contribution in [3.05, 3.63) is 36.0 Å². The standard InChI is InChI=1S/C8H8N4O/c1-6-11-8(12-13-6)4-7-5-9-2-3-10-7/h2-3,5H,4H2,1H3. The zero-order valence-corrected chi connectivity index (χ0v) is 7.14. The number of aromatic nitrogens is 4. The summed E-state index contributed by atoms with van der Waals surface area (Å²) < 4.78 is 4.83. The molecule has 2 rings (SSSR count). The zero-order valence-electron chi connectivity index (χ0n) is 7.14. The number of aryl methyl sites for hydroxylation is 1. The molecule has 0 saturated heterocycles. The number of hydrogen-bond donors (Lipinski definition) is 0. The van der Waals surface area contributed by atoms with Crippen LogP contribution in [0.3, 0.4) is 0 Å². The van der Waals surface area contributed by atoms with Gasteiger partial charge >= 0.3 is 0 Å². The van der Waals surface area contributed by atoms with E-state index < -0.39 is 0 Å². The summed E-state index contributed by atoms with van der Waals surface area (Å²) in [7, 11) is 0. The molecule has 0 aliphatic heterocycles. The van der Waals surface area contributed by atoms with Crippen molar-refractivity contribution < 1.29 is 4.52 Å². The lowest BCUT2D eigenvalue weighted by molar-refractivity contribution is 0.388. The molecule has 0 N–H and O–H groups in total. The Morgan fingerprint density at radius 1 is 1.38 bits per heavy atom. The van der Waals surface area contributed by atoms with Crippen LogP contribution < -0.4 is 0 Å². The van der Waals surface area contributed by atoms with E-state index in [4.69, 9.17) is 4.52 Å². The molecule has 0 spiro atoms. The van der Waals surface area contributed by atoms with Crippen molar-refractivity contribution in [3.63, 3.8) is 0 Å². The monoisotopic (exact) mass is 176 g/mol. The molecular formula is C8H8N4O. The molecule has 0 amide bonds. The predicted molar refractivity (Wildman–Crippen MR) is 43.9 cm³/mol. The molecule has 5 heteroatoms. The third-order valence-corrected chi connectivity index (χ3v) is 1.53. The Balaban J connectivity index is 2.15. The molecular weight excluding hydrogens is 168 g/mol. The van der Waals surface area contributed by atoms with E-state index in [0.717, 1.165) is 5.69 Å². The Bertz CT molecular complexity index is 384. The van der Waals surface area contributed by atoms with E-state index in [0.29, 0.717) is 18.1 Å². The lowest BCUT2D eigenvalue weighted by Gasteiger charge is -1.91. The Labute approximate surface area is 74.8 Å². The fourth-order valence-corrected chi connectivity index (χ4v) is 0.996. The van der Waals surface area contributed by atoms with Crippen LogP contribution in [-0.2, 0) is 6.42 Å². The molecule has 0 bridgehead atoms. The molecule has 13 heavy (non-hydrogen) atoms. The number of nitrogens with zero attached hydrogens (tertiary/aromatic N) is 4.